The van der Waals surface area contributed by atoms with Crippen molar-refractivity contribution in [1.29, 1.82) is 0 Å². The molecule has 0 saturated carbocycles. The predicted molar refractivity (Wildman–Crippen MR) is 163 cm³/mol. The molecule has 0 fully saturated rings. The Labute approximate surface area is 257 Å². The molecule has 3 N–H and O–H groups in total. The lowest BCUT2D eigenvalue weighted by molar-refractivity contribution is -0.139. The number of anilines is 1. The van der Waals surface area contributed by atoms with Crippen molar-refractivity contribution in [1.82, 2.24) is 20.3 Å². The van der Waals surface area contributed by atoms with Crippen molar-refractivity contribution in [3.05, 3.63) is 108 Å². The number of benzene rings is 3. The molecule has 0 unspecified atom stereocenters. The van der Waals surface area contributed by atoms with Gasteiger partial charge in [0.05, 0.1) is 18.0 Å². The summed E-state index contributed by atoms with van der Waals surface area (Å²) in [7, 11) is 0. The zero-order chi connectivity index (χ0) is 32.1. The van der Waals surface area contributed by atoms with Gasteiger partial charge in [-0.15, -0.1) is 5.10 Å². The van der Waals surface area contributed by atoms with Gasteiger partial charge in [0.1, 0.15) is 23.3 Å². The standard InChI is InChI=1S/C33H30FN5O6/c1-19(2)44-33(43)35-23-9-11-24(12-10-23)39-18-28(37-38-39)25-13-6-21(16-26(25)34)17-27(32(41)42)36-31(40)30-15-14-29(45-30)22-7-4-20(3)5-8-22/h4-16,18-19,27H,17H2,1-3H3,(H,35,43)(H,36,40)(H,41,42)/t27-/m1/s1. The number of carbonyl (C=O) groups is 3. The van der Waals surface area contributed by atoms with Crippen LogP contribution in [0.5, 0.6) is 0 Å². The number of hydrogen-bond acceptors (Lipinski definition) is 7. The molecule has 2 amide bonds. The van der Waals surface area contributed by atoms with E-state index in [1.54, 1.807) is 56.4 Å². The highest BCUT2D eigenvalue weighted by Gasteiger charge is 2.24. The van der Waals surface area contributed by atoms with E-state index in [0.29, 0.717) is 22.7 Å². The van der Waals surface area contributed by atoms with Crippen LogP contribution in [0.2, 0.25) is 0 Å². The summed E-state index contributed by atoms with van der Waals surface area (Å²) in [6.07, 6.45) is 0.559. The number of ether oxygens (including phenoxy) is 1. The lowest BCUT2D eigenvalue weighted by Gasteiger charge is -2.14. The maximum absolute atomic E-state index is 15.2. The Kier molecular flexibility index (Phi) is 9.03. The molecule has 230 valence electrons. The number of aryl methyl sites for hydroxylation is 1. The molecule has 0 radical (unpaired) electrons. The first-order chi connectivity index (χ1) is 21.5. The van der Waals surface area contributed by atoms with Crippen molar-refractivity contribution in [3.8, 4) is 28.3 Å². The van der Waals surface area contributed by atoms with Gasteiger partial charge in [0.2, 0.25) is 0 Å². The molecule has 0 aliphatic carbocycles. The fourth-order valence-corrected chi connectivity index (χ4v) is 4.46. The second-order valence-electron chi connectivity index (χ2n) is 10.6. The number of aliphatic carboxylic acids is 1. The number of furan rings is 1. The molecule has 3 aromatic carbocycles. The van der Waals surface area contributed by atoms with E-state index in [9.17, 15) is 19.5 Å². The largest absolute Gasteiger partial charge is 0.480 e. The number of nitrogens with one attached hydrogen (secondary N) is 2. The number of carboxylic acid groups (broad SMARTS) is 1. The molecule has 0 spiro atoms. The number of aromatic nitrogens is 3. The number of carbonyl (C=O) groups excluding carboxylic acids is 2. The van der Waals surface area contributed by atoms with E-state index in [0.717, 1.165) is 11.1 Å². The highest BCUT2D eigenvalue weighted by Crippen LogP contribution is 2.25. The fourth-order valence-electron chi connectivity index (χ4n) is 4.46. The van der Waals surface area contributed by atoms with Crippen molar-refractivity contribution in [2.45, 2.75) is 39.3 Å². The van der Waals surface area contributed by atoms with Gasteiger partial charge in [0, 0.05) is 23.2 Å². The van der Waals surface area contributed by atoms with Crippen molar-refractivity contribution in [2.75, 3.05) is 5.32 Å². The lowest BCUT2D eigenvalue weighted by atomic mass is 10.0. The molecule has 11 nitrogen and oxygen atoms in total. The Balaban J connectivity index is 1.24. The van der Waals surface area contributed by atoms with Crippen LogP contribution in [0.25, 0.3) is 28.3 Å². The maximum atomic E-state index is 15.2. The summed E-state index contributed by atoms with van der Waals surface area (Å²) in [6.45, 7) is 5.46. The van der Waals surface area contributed by atoms with Crippen LogP contribution in [0.4, 0.5) is 14.9 Å². The summed E-state index contributed by atoms with van der Waals surface area (Å²) >= 11 is 0. The van der Waals surface area contributed by atoms with E-state index in [1.807, 2.05) is 31.2 Å². The van der Waals surface area contributed by atoms with E-state index in [1.165, 1.54) is 22.9 Å². The van der Waals surface area contributed by atoms with E-state index < -0.39 is 29.8 Å². The van der Waals surface area contributed by atoms with E-state index in [4.69, 9.17) is 9.15 Å². The monoisotopic (exact) mass is 611 g/mol. The Hall–Kier alpha value is -5.78. The van der Waals surface area contributed by atoms with Crippen LogP contribution in [0.1, 0.15) is 35.5 Å². The Morgan fingerprint density at radius 1 is 1.00 bits per heavy atom. The minimum Gasteiger partial charge on any atom is -0.480 e. The second kappa shape index (κ2) is 13.2. The summed E-state index contributed by atoms with van der Waals surface area (Å²) in [5.41, 5.74) is 3.78. The Morgan fingerprint density at radius 2 is 1.73 bits per heavy atom. The van der Waals surface area contributed by atoms with Crippen molar-refractivity contribution >= 4 is 23.7 Å². The molecule has 12 heteroatoms. The molecule has 5 aromatic rings. The molecular formula is C33H30FN5O6. The zero-order valence-electron chi connectivity index (χ0n) is 24.7. The number of carboxylic acids is 1. The SMILES string of the molecule is Cc1ccc(-c2ccc(C(=O)N[C@H](Cc3ccc(-c4cn(-c5ccc(NC(=O)OC(C)C)cc5)nn4)c(F)c3)C(=O)O)o2)cc1. The van der Waals surface area contributed by atoms with Gasteiger partial charge < -0.3 is 19.6 Å². The van der Waals surface area contributed by atoms with Crippen LogP contribution in [-0.4, -0.2) is 50.2 Å². The highest BCUT2D eigenvalue weighted by atomic mass is 19.1. The predicted octanol–water partition coefficient (Wildman–Crippen LogP) is 6.02. The molecule has 2 heterocycles. The van der Waals surface area contributed by atoms with E-state index >= 15 is 4.39 Å². The van der Waals surface area contributed by atoms with E-state index in [2.05, 4.69) is 20.9 Å². The lowest BCUT2D eigenvalue weighted by Crippen LogP contribution is -2.42. The van der Waals surface area contributed by atoms with Crippen LogP contribution in [-0.2, 0) is 16.0 Å². The summed E-state index contributed by atoms with van der Waals surface area (Å²) in [4.78, 5) is 36.6. The smallest absolute Gasteiger partial charge is 0.411 e. The molecule has 0 bridgehead atoms. The summed E-state index contributed by atoms with van der Waals surface area (Å²) < 4.78 is 27.4. The van der Waals surface area contributed by atoms with Gasteiger partial charge in [-0.1, -0.05) is 41.1 Å². The number of amides is 2. The summed E-state index contributed by atoms with van der Waals surface area (Å²) in [5.74, 6) is -2.18. The third-order valence-electron chi connectivity index (χ3n) is 6.73. The fraction of sp³-hybridized carbons (Fsp3) is 0.182. The van der Waals surface area contributed by atoms with Crippen LogP contribution in [0, 0.1) is 12.7 Å². The topological polar surface area (TPSA) is 149 Å². The third-order valence-corrected chi connectivity index (χ3v) is 6.73. The maximum Gasteiger partial charge on any atom is 0.411 e. The molecule has 45 heavy (non-hydrogen) atoms. The number of halogens is 1. The van der Waals surface area contributed by atoms with E-state index in [-0.39, 0.29) is 29.5 Å². The van der Waals surface area contributed by atoms with Crippen molar-refractivity contribution in [2.24, 2.45) is 0 Å². The molecule has 0 aliphatic rings. The van der Waals surface area contributed by atoms with Crippen LogP contribution < -0.4 is 10.6 Å². The highest BCUT2D eigenvalue weighted by molar-refractivity contribution is 5.95. The van der Waals surface area contributed by atoms with Gasteiger partial charge in [-0.25, -0.2) is 18.7 Å². The first-order valence-corrected chi connectivity index (χ1v) is 14.1. The summed E-state index contributed by atoms with van der Waals surface area (Å²) in [5, 5.41) is 23.0. The minimum atomic E-state index is -1.33. The quantitative estimate of drug-likeness (QED) is 0.174. The van der Waals surface area contributed by atoms with Crippen LogP contribution in [0.15, 0.2) is 89.5 Å². The zero-order valence-corrected chi connectivity index (χ0v) is 24.7. The molecule has 5 rings (SSSR count). The van der Waals surface area contributed by atoms with Gasteiger partial charge >= 0.3 is 12.1 Å². The van der Waals surface area contributed by atoms with Crippen molar-refractivity contribution < 1.29 is 33.0 Å². The second-order valence-corrected chi connectivity index (χ2v) is 10.6. The average Bonchev–Trinajstić information content (AvgIpc) is 3.68. The molecule has 2 aromatic heterocycles. The Morgan fingerprint density at radius 3 is 2.40 bits per heavy atom. The number of nitrogens with zero attached hydrogens (tertiary/aromatic N) is 3. The molecule has 0 saturated heterocycles. The molecule has 0 aliphatic heterocycles. The van der Waals surface area contributed by atoms with Crippen LogP contribution in [0.3, 0.4) is 0 Å². The molecule has 1 atom stereocenters. The third kappa shape index (κ3) is 7.60. The normalized spacial score (nSPS) is 11.7. The van der Waals surface area contributed by atoms with Gasteiger partial charge in [-0.2, -0.15) is 0 Å². The average molecular weight is 612 g/mol. The van der Waals surface area contributed by atoms with Crippen LogP contribution >= 0.6 is 0 Å². The minimum absolute atomic E-state index is 0.0408. The van der Waals surface area contributed by atoms with Gasteiger partial charge in [0.25, 0.3) is 5.91 Å². The van der Waals surface area contributed by atoms with Gasteiger partial charge in [-0.3, -0.25) is 10.1 Å². The number of rotatable bonds is 10. The van der Waals surface area contributed by atoms with Gasteiger partial charge in [-0.05, 0) is 74.9 Å². The van der Waals surface area contributed by atoms with Gasteiger partial charge in [0.15, 0.2) is 5.76 Å². The first kappa shape index (κ1) is 30.7. The Bertz CT molecular complexity index is 1830. The number of hydrogen-bond donors (Lipinski definition) is 3. The summed E-state index contributed by atoms with van der Waals surface area (Å²) in [6, 6.07) is 20.3. The molecular weight excluding hydrogens is 581 g/mol. The van der Waals surface area contributed by atoms with Crippen molar-refractivity contribution in [3.63, 3.8) is 0 Å². The first-order valence-electron chi connectivity index (χ1n) is 14.1.